The molecule has 0 bridgehead atoms. The second-order valence-electron chi connectivity index (χ2n) is 5.57. The lowest BCUT2D eigenvalue weighted by molar-refractivity contribution is -0.153. The second kappa shape index (κ2) is 6.26. The van der Waals surface area contributed by atoms with Gasteiger partial charge in [-0.2, -0.15) is 0 Å². The smallest absolute Gasteiger partial charge is 0.325 e. The van der Waals surface area contributed by atoms with Crippen molar-refractivity contribution in [2.75, 3.05) is 12.8 Å². The van der Waals surface area contributed by atoms with Gasteiger partial charge in [0.2, 0.25) is 0 Å². The van der Waals surface area contributed by atoms with Crippen LogP contribution < -0.4 is 5.32 Å². The highest BCUT2D eigenvalue weighted by molar-refractivity contribution is 7.90. The summed E-state index contributed by atoms with van der Waals surface area (Å²) in [5, 5.41) is 2.39. The lowest BCUT2D eigenvalue weighted by Gasteiger charge is -2.19. The highest BCUT2D eigenvalue weighted by Crippen LogP contribution is 2.11. The third-order valence-corrected chi connectivity index (χ3v) is 3.45. The number of hydrogen-bond acceptors (Lipinski definition) is 5. The summed E-state index contributed by atoms with van der Waals surface area (Å²) >= 11 is 0. The second-order valence-corrected chi connectivity index (χ2v) is 7.58. The Morgan fingerprint density at radius 2 is 1.86 bits per heavy atom. The molecule has 0 heterocycles. The van der Waals surface area contributed by atoms with Gasteiger partial charge >= 0.3 is 5.97 Å². The zero-order valence-corrected chi connectivity index (χ0v) is 13.3. The Kier molecular flexibility index (Phi) is 5.11. The van der Waals surface area contributed by atoms with Gasteiger partial charge in [-0.1, -0.05) is 6.07 Å². The summed E-state index contributed by atoms with van der Waals surface area (Å²) in [6.07, 6.45) is 1.06. The fourth-order valence-corrected chi connectivity index (χ4v) is 2.17. The Morgan fingerprint density at radius 1 is 1.24 bits per heavy atom. The molecule has 0 aliphatic carbocycles. The number of carbonyl (C=O) groups is 2. The average Bonchev–Trinajstić information content (AvgIpc) is 2.33. The van der Waals surface area contributed by atoms with E-state index in [0.29, 0.717) is 0 Å². The molecule has 6 nitrogen and oxygen atoms in total. The van der Waals surface area contributed by atoms with Crippen LogP contribution in [0.2, 0.25) is 0 Å². The lowest BCUT2D eigenvalue weighted by atomic mass is 10.2. The summed E-state index contributed by atoms with van der Waals surface area (Å²) < 4.78 is 27.9. The van der Waals surface area contributed by atoms with Crippen molar-refractivity contribution >= 4 is 21.7 Å². The first-order chi connectivity index (χ1) is 9.49. The van der Waals surface area contributed by atoms with Gasteiger partial charge < -0.3 is 10.1 Å². The van der Waals surface area contributed by atoms with Crippen molar-refractivity contribution in [3.63, 3.8) is 0 Å². The molecule has 0 atom stereocenters. The normalized spacial score (nSPS) is 11.8. The van der Waals surface area contributed by atoms with Crippen LogP contribution in [0.3, 0.4) is 0 Å². The molecule has 1 rings (SSSR count). The lowest BCUT2D eigenvalue weighted by Crippen LogP contribution is -2.34. The molecule has 21 heavy (non-hydrogen) atoms. The maximum absolute atomic E-state index is 11.9. The van der Waals surface area contributed by atoms with Crippen LogP contribution in [-0.4, -0.2) is 38.7 Å². The first-order valence-electron chi connectivity index (χ1n) is 6.29. The van der Waals surface area contributed by atoms with Gasteiger partial charge in [-0.3, -0.25) is 9.59 Å². The van der Waals surface area contributed by atoms with E-state index in [1.807, 2.05) is 0 Å². The first kappa shape index (κ1) is 17.2. The molecule has 0 saturated heterocycles. The third kappa shape index (κ3) is 5.95. The number of rotatable bonds is 4. The highest BCUT2D eigenvalue weighted by atomic mass is 32.2. The topological polar surface area (TPSA) is 89.5 Å². The number of hydrogen-bond donors (Lipinski definition) is 1. The third-order valence-electron chi connectivity index (χ3n) is 2.34. The van der Waals surface area contributed by atoms with E-state index in [1.165, 1.54) is 24.3 Å². The summed E-state index contributed by atoms with van der Waals surface area (Å²) in [5.41, 5.74) is -0.459. The van der Waals surface area contributed by atoms with E-state index in [9.17, 15) is 18.0 Å². The molecule has 116 valence electrons. The molecule has 0 aromatic heterocycles. The number of sulfone groups is 1. The number of benzene rings is 1. The SMILES string of the molecule is CC(C)(C)OC(=O)CNC(=O)c1cccc(S(C)(=O)=O)c1. The van der Waals surface area contributed by atoms with Crippen molar-refractivity contribution in [3.8, 4) is 0 Å². The molecule has 0 saturated carbocycles. The van der Waals surface area contributed by atoms with Crippen molar-refractivity contribution in [1.82, 2.24) is 5.32 Å². The van der Waals surface area contributed by atoms with Crippen LogP contribution in [0.5, 0.6) is 0 Å². The molecule has 1 aromatic carbocycles. The van der Waals surface area contributed by atoms with Crippen LogP contribution in [0, 0.1) is 0 Å². The standard InChI is InChI=1S/C14H19NO5S/c1-14(2,3)20-12(16)9-15-13(17)10-6-5-7-11(8-10)21(4,18)19/h5-8H,9H2,1-4H3,(H,15,17). The monoisotopic (exact) mass is 313 g/mol. The van der Waals surface area contributed by atoms with E-state index < -0.39 is 27.3 Å². The van der Waals surface area contributed by atoms with E-state index in [-0.39, 0.29) is 17.0 Å². The Bertz CT molecular complexity index is 644. The average molecular weight is 313 g/mol. The van der Waals surface area contributed by atoms with Crippen molar-refractivity contribution in [3.05, 3.63) is 29.8 Å². The van der Waals surface area contributed by atoms with Gasteiger partial charge in [0.25, 0.3) is 5.91 Å². The van der Waals surface area contributed by atoms with E-state index in [2.05, 4.69) is 5.32 Å². The molecule has 7 heteroatoms. The van der Waals surface area contributed by atoms with Gasteiger partial charge in [0, 0.05) is 11.8 Å². The number of carbonyl (C=O) groups excluding carboxylic acids is 2. The summed E-state index contributed by atoms with van der Waals surface area (Å²) in [6.45, 7) is 4.89. The first-order valence-corrected chi connectivity index (χ1v) is 8.18. The molecule has 0 fully saturated rings. The maximum atomic E-state index is 11.9. The van der Waals surface area contributed by atoms with Gasteiger partial charge in [-0.25, -0.2) is 8.42 Å². The van der Waals surface area contributed by atoms with Crippen LogP contribution in [0.4, 0.5) is 0 Å². The summed E-state index contributed by atoms with van der Waals surface area (Å²) in [7, 11) is -3.39. The highest BCUT2D eigenvalue weighted by Gasteiger charge is 2.17. The Morgan fingerprint density at radius 3 is 2.38 bits per heavy atom. The van der Waals surface area contributed by atoms with Gasteiger partial charge in [0.15, 0.2) is 9.84 Å². The van der Waals surface area contributed by atoms with Crippen LogP contribution in [-0.2, 0) is 19.4 Å². The van der Waals surface area contributed by atoms with Crippen molar-refractivity contribution < 1.29 is 22.7 Å². The van der Waals surface area contributed by atoms with Gasteiger partial charge in [0.05, 0.1) is 4.90 Å². The van der Waals surface area contributed by atoms with Crippen LogP contribution in [0.25, 0.3) is 0 Å². The summed E-state index contributed by atoms with van der Waals surface area (Å²) in [6, 6.07) is 5.61. The van der Waals surface area contributed by atoms with Crippen LogP contribution >= 0.6 is 0 Å². The van der Waals surface area contributed by atoms with Gasteiger partial charge in [0.1, 0.15) is 12.1 Å². The number of nitrogens with one attached hydrogen (secondary N) is 1. The minimum Gasteiger partial charge on any atom is -0.459 e. The Hall–Kier alpha value is -1.89. The van der Waals surface area contributed by atoms with Gasteiger partial charge in [-0.05, 0) is 39.0 Å². The molecule has 0 spiro atoms. The zero-order chi connectivity index (χ0) is 16.3. The van der Waals surface area contributed by atoms with Gasteiger partial charge in [-0.15, -0.1) is 0 Å². The Labute approximate surface area is 124 Å². The number of amides is 1. The fourth-order valence-electron chi connectivity index (χ4n) is 1.50. The summed E-state index contributed by atoms with van der Waals surface area (Å²) in [4.78, 5) is 23.4. The number of ether oxygens (including phenoxy) is 1. The minimum atomic E-state index is -3.39. The molecule has 1 aromatic rings. The van der Waals surface area contributed by atoms with E-state index in [4.69, 9.17) is 4.74 Å². The predicted octanol–water partition coefficient (Wildman–Crippen LogP) is 1.16. The summed E-state index contributed by atoms with van der Waals surface area (Å²) in [5.74, 6) is -1.10. The molecule has 0 aliphatic heterocycles. The molecular formula is C14H19NO5S. The van der Waals surface area contributed by atoms with E-state index >= 15 is 0 Å². The zero-order valence-electron chi connectivity index (χ0n) is 12.5. The van der Waals surface area contributed by atoms with E-state index in [0.717, 1.165) is 6.26 Å². The minimum absolute atomic E-state index is 0.0485. The Balaban J connectivity index is 2.71. The maximum Gasteiger partial charge on any atom is 0.325 e. The molecule has 1 amide bonds. The molecule has 0 radical (unpaired) electrons. The van der Waals surface area contributed by atoms with Crippen molar-refractivity contribution in [1.29, 1.82) is 0 Å². The van der Waals surface area contributed by atoms with Crippen molar-refractivity contribution in [2.45, 2.75) is 31.3 Å². The molecule has 0 unspecified atom stereocenters. The van der Waals surface area contributed by atoms with E-state index in [1.54, 1.807) is 20.8 Å². The number of esters is 1. The molecule has 1 N–H and O–H groups in total. The van der Waals surface area contributed by atoms with Crippen LogP contribution in [0.1, 0.15) is 31.1 Å². The van der Waals surface area contributed by atoms with Crippen molar-refractivity contribution in [2.24, 2.45) is 0 Å². The van der Waals surface area contributed by atoms with Crippen LogP contribution in [0.15, 0.2) is 29.2 Å². The fraction of sp³-hybridized carbons (Fsp3) is 0.429. The molecule has 0 aliphatic rings. The quantitative estimate of drug-likeness (QED) is 0.843. The molecular weight excluding hydrogens is 294 g/mol. The largest absolute Gasteiger partial charge is 0.459 e. The predicted molar refractivity (Wildman–Crippen MR) is 77.7 cm³/mol.